The van der Waals surface area contributed by atoms with Crippen LogP contribution in [-0.2, 0) is 9.53 Å². The third kappa shape index (κ3) is 6.20. The molecule has 1 heterocycles. The number of nitrogens with zero attached hydrogens (tertiary/aromatic N) is 3. The van der Waals surface area contributed by atoms with Gasteiger partial charge in [0, 0.05) is 5.56 Å². The first-order valence-electron chi connectivity index (χ1n) is 12.6. The van der Waals surface area contributed by atoms with Crippen molar-refractivity contribution >= 4 is 39.0 Å². The summed E-state index contributed by atoms with van der Waals surface area (Å²) in [6, 6.07) is 16.5. The topological polar surface area (TPSA) is 92.0 Å². The Kier molecular flexibility index (Phi) is 8.81. The smallest absolute Gasteiger partial charge is 0.343 e. The van der Waals surface area contributed by atoms with Crippen LogP contribution in [0.15, 0.2) is 69.0 Å². The lowest BCUT2D eigenvalue weighted by Crippen LogP contribution is -2.21. The SMILES string of the molecule is CCOc1cc(C)c(-c2nc3ccccc3c(=O)n2N=Cc2ccc(OCC(=O)OC)c(Br)c2)cc1C(C)C. The number of para-hydroxylation sites is 1. The van der Waals surface area contributed by atoms with Crippen molar-refractivity contribution in [3.63, 3.8) is 0 Å². The molecule has 1 aromatic heterocycles. The lowest BCUT2D eigenvalue weighted by atomic mass is 9.96. The van der Waals surface area contributed by atoms with E-state index in [1.54, 1.807) is 30.5 Å². The fourth-order valence-electron chi connectivity index (χ4n) is 4.11. The Labute approximate surface area is 235 Å². The van der Waals surface area contributed by atoms with Gasteiger partial charge in [-0.15, -0.1) is 0 Å². The molecule has 39 heavy (non-hydrogen) atoms. The standard InChI is InChI=1S/C30H30BrN3O5/c1-6-38-27-13-19(4)23(15-22(27)18(2)3)29-33-25-10-8-7-9-21(25)30(36)34(29)32-16-20-11-12-26(24(31)14-20)39-17-28(35)37-5/h7-16,18H,6,17H2,1-5H3. The molecule has 0 aliphatic rings. The van der Waals surface area contributed by atoms with E-state index in [9.17, 15) is 9.59 Å². The molecule has 0 aliphatic heterocycles. The molecule has 0 radical (unpaired) electrons. The maximum absolute atomic E-state index is 13.7. The largest absolute Gasteiger partial charge is 0.494 e. The Morgan fingerprint density at radius 2 is 1.87 bits per heavy atom. The Balaban J connectivity index is 1.83. The molecule has 0 spiro atoms. The van der Waals surface area contributed by atoms with E-state index in [1.165, 1.54) is 11.8 Å². The number of carbonyl (C=O) groups is 1. The second-order valence-electron chi connectivity index (χ2n) is 9.16. The zero-order valence-corrected chi connectivity index (χ0v) is 24.1. The van der Waals surface area contributed by atoms with E-state index in [0.29, 0.717) is 39.1 Å². The number of esters is 1. The molecule has 0 aliphatic carbocycles. The van der Waals surface area contributed by atoms with Gasteiger partial charge in [-0.1, -0.05) is 26.0 Å². The van der Waals surface area contributed by atoms with Crippen LogP contribution in [0.1, 0.15) is 43.4 Å². The summed E-state index contributed by atoms with van der Waals surface area (Å²) >= 11 is 3.46. The molecule has 202 valence electrons. The van der Waals surface area contributed by atoms with E-state index in [2.05, 4.69) is 39.6 Å². The Hall–Kier alpha value is -3.98. The monoisotopic (exact) mass is 591 g/mol. The van der Waals surface area contributed by atoms with Crippen LogP contribution in [0.25, 0.3) is 22.3 Å². The molecule has 0 saturated carbocycles. The highest BCUT2D eigenvalue weighted by atomic mass is 79.9. The summed E-state index contributed by atoms with van der Waals surface area (Å²) in [5.41, 5.74) is 3.78. The van der Waals surface area contributed by atoms with Crippen molar-refractivity contribution in [2.75, 3.05) is 20.3 Å². The second-order valence-corrected chi connectivity index (χ2v) is 10.0. The fraction of sp³-hybridized carbons (Fsp3) is 0.267. The van der Waals surface area contributed by atoms with Crippen molar-refractivity contribution in [1.29, 1.82) is 0 Å². The Morgan fingerprint density at radius 1 is 1.10 bits per heavy atom. The number of hydrogen-bond donors (Lipinski definition) is 0. The predicted octanol–water partition coefficient (Wildman–Crippen LogP) is 6.09. The number of rotatable bonds is 9. The number of hydrogen-bond acceptors (Lipinski definition) is 7. The molecule has 0 atom stereocenters. The van der Waals surface area contributed by atoms with Crippen LogP contribution >= 0.6 is 15.9 Å². The first-order valence-corrected chi connectivity index (χ1v) is 13.4. The molecular weight excluding hydrogens is 562 g/mol. The summed E-state index contributed by atoms with van der Waals surface area (Å²) < 4.78 is 18.0. The molecule has 9 heteroatoms. The first kappa shape index (κ1) is 28.0. The highest BCUT2D eigenvalue weighted by Crippen LogP contribution is 2.34. The maximum atomic E-state index is 13.7. The van der Waals surface area contributed by atoms with Gasteiger partial charge in [-0.2, -0.15) is 9.78 Å². The van der Waals surface area contributed by atoms with Crippen molar-refractivity contribution in [3.05, 3.63) is 86.1 Å². The molecule has 4 aromatic rings. The highest BCUT2D eigenvalue weighted by Gasteiger charge is 2.18. The van der Waals surface area contributed by atoms with E-state index in [1.807, 2.05) is 44.2 Å². The molecule has 0 N–H and O–H groups in total. The summed E-state index contributed by atoms with van der Waals surface area (Å²) in [6.07, 6.45) is 1.59. The van der Waals surface area contributed by atoms with E-state index < -0.39 is 5.97 Å². The van der Waals surface area contributed by atoms with Crippen LogP contribution in [0, 0.1) is 6.92 Å². The molecule has 8 nitrogen and oxygen atoms in total. The van der Waals surface area contributed by atoms with Gasteiger partial charge in [0.1, 0.15) is 11.5 Å². The van der Waals surface area contributed by atoms with E-state index in [-0.39, 0.29) is 18.1 Å². The van der Waals surface area contributed by atoms with Gasteiger partial charge in [0.15, 0.2) is 12.4 Å². The number of halogens is 1. The summed E-state index contributed by atoms with van der Waals surface area (Å²) in [5.74, 6) is 1.47. The lowest BCUT2D eigenvalue weighted by molar-refractivity contribution is -0.142. The first-order chi connectivity index (χ1) is 18.7. The average molecular weight is 592 g/mol. The van der Waals surface area contributed by atoms with Gasteiger partial charge >= 0.3 is 5.97 Å². The minimum atomic E-state index is -0.478. The lowest BCUT2D eigenvalue weighted by Gasteiger charge is -2.18. The van der Waals surface area contributed by atoms with Crippen LogP contribution < -0.4 is 15.0 Å². The van der Waals surface area contributed by atoms with Gasteiger partial charge < -0.3 is 14.2 Å². The maximum Gasteiger partial charge on any atom is 0.343 e. The van der Waals surface area contributed by atoms with Crippen LogP contribution in [0.2, 0.25) is 0 Å². The van der Waals surface area contributed by atoms with Crippen molar-refractivity contribution in [1.82, 2.24) is 9.66 Å². The highest BCUT2D eigenvalue weighted by molar-refractivity contribution is 9.10. The minimum Gasteiger partial charge on any atom is -0.494 e. The number of fused-ring (bicyclic) bond motifs is 1. The van der Waals surface area contributed by atoms with E-state index in [0.717, 1.165) is 22.4 Å². The van der Waals surface area contributed by atoms with Gasteiger partial charge in [-0.25, -0.2) is 9.78 Å². The zero-order chi connectivity index (χ0) is 28.1. The molecule has 0 fully saturated rings. The van der Waals surface area contributed by atoms with Gasteiger partial charge in [0.25, 0.3) is 5.56 Å². The number of aromatic nitrogens is 2. The summed E-state index contributed by atoms with van der Waals surface area (Å²) in [6.45, 7) is 8.49. The Morgan fingerprint density at radius 3 is 2.56 bits per heavy atom. The molecule has 0 saturated heterocycles. The molecule has 4 rings (SSSR count). The second kappa shape index (κ2) is 12.3. The molecule has 0 unspecified atom stereocenters. The van der Waals surface area contributed by atoms with Crippen molar-refractivity contribution in [2.24, 2.45) is 5.10 Å². The van der Waals surface area contributed by atoms with Crippen LogP contribution in [-0.4, -0.2) is 42.2 Å². The number of aryl methyl sites for hydroxylation is 1. The molecule has 0 bridgehead atoms. The van der Waals surface area contributed by atoms with E-state index in [4.69, 9.17) is 14.5 Å². The third-order valence-corrected chi connectivity index (χ3v) is 6.74. The van der Waals surface area contributed by atoms with Crippen molar-refractivity contribution in [3.8, 4) is 22.9 Å². The van der Waals surface area contributed by atoms with Crippen LogP contribution in [0.4, 0.5) is 0 Å². The summed E-state index contributed by atoms with van der Waals surface area (Å²) in [7, 11) is 1.30. The number of ether oxygens (including phenoxy) is 3. The number of methoxy groups -OCH3 is 1. The van der Waals surface area contributed by atoms with Gasteiger partial charge in [0.2, 0.25) is 0 Å². The average Bonchev–Trinajstić information content (AvgIpc) is 2.92. The fourth-order valence-corrected chi connectivity index (χ4v) is 4.62. The van der Waals surface area contributed by atoms with Crippen LogP contribution in [0.3, 0.4) is 0 Å². The quantitative estimate of drug-likeness (QED) is 0.173. The van der Waals surface area contributed by atoms with Gasteiger partial charge in [0.05, 0.1) is 35.3 Å². The summed E-state index contributed by atoms with van der Waals surface area (Å²) in [5, 5.41) is 5.06. The normalized spacial score (nSPS) is 11.4. The van der Waals surface area contributed by atoms with Crippen molar-refractivity contribution < 1.29 is 19.0 Å². The minimum absolute atomic E-state index is 0.201. The van der Waals surface area contributed by atoms with E-state index >= 15 is 0 Å². The number of benzene rings is 3. The van der Waals surface area contributed by atoms with Gasteiger partial charge in [-0.3, -0.25) is 4.79 Å². The molecular formula is C30H30BrN3O5. The molecule has 3 aromatic carbocycles. The summed E-state index contributed by atoms with van der Waals surface area (Å²) in [4.78, 5) is 29.9. The van der Waals surface area contributed by atoms with Crippen molar-refractivity contribution in [2.45, 2.75) is 33.6 Å². The van der Waals surface area contributed by atoms with Gasteiger partial charge in [-0.05, 0) is 94.9 Å². The zero-order valence-electron chi connectivity index (χ0n) is 22.5. The number of carbonyl (C=O) groups excluding carboxylic acids is 1. The Bertz CT molecular complexity index is 1610. The third-order valence-electron chi connectivity index (χ3n) is 6.12. The molecule has 0 amide bonds. The predicted molar refractivity (Wildman–Crippen MR) is 156 cm³/mol. The van der Waals surface area contributed by atoms with Crippen LogP contribution in [0.5, 0.6) is 11.5 Å².